The molecule has 2 aromatic rings. The van der Waals surface area contributed by atoms with E-state index < -0.39 is 0 Å². The van der Waals surface area contributed by atoms with Crippen LogP contribution in [0.4, 0.5) is 11.8 Å². The van der Waals surface area contributed by atoms with Crippen molar-refractivity contribution in [1.29, 1.82) is 0 Å². The summed E-state index contributed by atoms with van der Waals surface area (Å²) in [5, 5.41) is 13.4. The molecule has 0 saturated carbocycles. The van der Waals surface area contributed by atoms with Crippen molar-refractivity contribution in [3.05, 3.63) is 18.2 Å². The first-order valence-corrected chi connectivity index (χ1v) is 7.64. The lowest BCUT2D eigenvalue weighted by molar-refractivity contribution is 0.255. The second-order valence-electron chi connectivity index (χ2n) is 5.36. The topological polar surface area (TPSA) is 93.3 Å². The first-order valence-electron chi connectivity index (χ1n) is 7.64. The van der Waals surface area contributed by atoms with Gasteiger partial charge in [-0.2, -0.15) is 4.98 Å². The van der Waals surface area contributed by atoms with Gasteiger partial charge in [-0.05, 0) is 37.0 Å². The van der Waals surface area contributed by atoms with Crippen LogP contribution in [0.25, 0.3) is 10.9 Å². The molecule has 6 heteroatoms. The number of anilines is 2. The van der Waals surface area contributed by atoms with Crippen molar-refractivity contribution in [3.63, 3.8) is 0 Å². The van der Waals surface area contributed by atoms with Gasteiger partial charge in [0.1, 0.15) is 11.6 Å². The Labute approximate surface area is 130 Å². The molecule has 0 radical (unpaired) electrons. The van der Waals surface area contributed by atoms with E-state index in [0.29, 0.717) is 11.7 Å². The van der Waals surface area contributed by atoms with Gasteiger partial charge in [-0.1, -0.05) is 13.3 Å². The highest BCUT2D eigenvalue weighted by atomic mass is 16.5. The monoisotopic (exact) mass is 304 g/mol. The highest BCUT2D eigenvalue weighted by Gasteiger charge is 2.11. The Kier molecular flexibility index (Phi) is 5.77. The molecule has 1 aromatic carbocycles. The van der Waals surface area contributed by atoms with E-state index in [1.54, 1.807) is 7.11 Å². The van der Waals surface area contributed by atoms with Crippen LogP contribution in [0.5, 0.6) is 5.75 Å². The summed E-state index contributed by atoms with van der Waals surface area (Å²) in [6.07, 6.45) is 2.94. The van der Waals surface area contributed by atoms with Gasteiger partial charge >= 0.3 is 0 Å². The van der Waals surface area contributed by atoms with Crippen molar-refractivity contribution >= 4 is 22.7 Å². The Morgan fingerprint density at radius 3 is 2.82 bits per heavy atom. The summed E-state index contributed by atoms with van der Waals surface area (Å²) in [4.78, 5) is 8.55. The van der Waals surface area contributed by atoms with Gasteiger partial charge in [0.15, 0.2) is 0 Å². The SMILES string of the molecule is CCCC(CCO)CNc1nc(N)nc2ccc(OC)cc12. The van der Waals surface area contributed by atoms with E-state index in [2.05, 4.69) is 22.2 Å². The lowest BCUT2D eigenvalue weighted by Gasteiger charge is -2.17. The van der Waals surface area contributed by atoms with E-state index in [0.717, 1.165) is 42.5 Å². The molecule has 1 aromatic heterocycles. The van der Waals surface area contributed by atoms with E-state index in [4.69, 9.17) is 15.6 Å². The second kappa shape index (κ2) is 7.79. The second-order valence-corrected chi connectivity index (χ2v) is 5.36. The van der Waals surface area contributed by atoms with Crippen LogP contribution in [-0.2, 0) is 0 Å². The average Bonchev–Trinajstić information content (AvgIpc) is 2.52. The summed E-state index contributed by atoms with van der Waals surface area (Å²) < 4.78 is 5.26. The molecule has 0 bridgehead atoms. The summed E-state index contributed by atoms with van der Waals surface area (Å²) in [7, 11) is 1.63. The summed E-state index contributed by atoms with van der Waals surface area (Å²) >= 11 is 0. The zero-order chi connectivity index (χ0) is 15.9. The van der Waals surface area contributed by atoms with Gasteiger partial charge in [0.2, 0.25) is 5.95 Å². The zero-order valence-electron chi connectivity index (χ0n) is 13.2. The Bertz CT molecular complexity index is 612. The number of hydrogen-bond donors (Lipinski definition) is 3. The molecule has 1 unspecified atom stereocenters. The number of benzene rings is 1. The highest BCUT2D eigenvalue weighted by Crippen LogP contribution is 2.26. The molecule has 1 atom stereocenters. The van der Waals surface area contributed by atoms with Crippen molar-refractivity contribution in [2.45, 2.75) is 26.2 Å². The van der Waals surface area contributed by atoms with Crippen molar-refractivity contribution in [3.8, 4) is 5.75 Å². The Hall–Kier alpha value is -2.08. The van der Waals surface area contributed by atoms with Gasteiger partial charge in [0, 0.05) is 18.5 Å². The molecule has 0 aliphatic heterocycles. The fourth-order valence-electron chi connectivity index (χ4n) is 2.57. The molecule has 6 nitrogen and oxygen atoms in total. The van der Waals surface area contributed by atoms with E-state index in [-0.39, 0.29) is 12.6 Å². The summed E-state index contributed by atoms with van der Waals surface area (Å²) in [6.45, 7) is 3.09. The molecule has 2 rings (SSSR count). The fourth-order valence-corrected chi connectivity index (χ4v) is 2.57. The van der Waals surface area contributed by atoms with Crippen LogP contribution in [0.1, 0.15) is 26.2 Å². The van der Waals surface area contributed by atoms with Crippen LogP contribution in [0.15, 0.2) is 18.2 Å². The summed E-state index contributed by atoms with van der Waals surface area (Å²) in [5.74, 6) is 2.12. The minimum absolute atomic E-state index is 0.201. The molecule has 120 valence electrons. The Balaban J connectivity index is 2.25. The number of aliphatic hydroxyl groups excluding tert-OH is 1. The van der Waals surface area contributed by atoms with Crippen LogP contribution in [0, 0.1) is 5.92 Å². The third-order valence-electron chi connectivity index (χ3n) is 3.71. The predicted octanol–water partition coefficient (Wildman–Crippen LogP) is 2.43. The zero-order valence-corrected chi connectivity index (χ0v) is 13.2. The van der Waals surface area contributed by atoms with Gasteiger partial charge in [0.25, 0.3) is 0 Å². The Morgan fingerprint density at radius 2 is 2.14 bits per heavy atom. The molecular formula is C16H24N4O2. The van der Waals surface area contributed by atoms with E-state index in [1.165, 1.54) is 0 Å². The van der Waals surface area contributed by atoms with Crippen molar-refractivity contribution in [1.82, 2.24) is 9.97 Å². The lowest BCUT2D eigenvalue weighted by Crippen LogP contribution is -2.17. The lowest BCUT2D eigenvalue weighted by atomic mass is 10.0. The molecule has 0 aliphatic rings. The number of nitrogen functional groups attached to an aromatic ring is 1. The number of nitrogens with one attached hydrogen (secondary N) is 1. The molecule has 0 amide bonds. The number of rotatable bonds is 8. The molecule has 0 aliphatic carbocycles. The normalized spacial score (nSPS) is 12.3. The van der Waals surface area contributed by atoms with Crippen molar-refractivity contribution in [2.75, 3.05) is 31.3 Å². The highest BCUT2D eigenvalue weighted by molar-refractivity contribution is 5.91. The van der Waals surface area contributed by atoms with E-state index >= 15 is 0 Å². The number of aliphatic hydroxyl groups is 1. The first kappa shape index (κ1) is 16.3. The maximum Gasteiger partial charge on any atom is 0.222 e. The number of methoxy groups -OCH3 is 1. The van der Waals surface area contributed by atoms with Gasteiger partial charge < -0.3 is 20.9 Å². The first-order chi connectivity index (χ1) is 10.7. The predicted molar refractivity (Wildman–Crippen MR) is 89.1 cm³/mol. The minimum atomic E-state index is 0.201. The minimum Gasteiger partial charge on any atom is -0.497 e. The number of aromatic nitrogens is 2. The number of ether oxygens (including phenoxy) is 1. The quantitative estimate of drug-likeness (QED) is 0.693. The molecule has 1 heterocycles. The maximum absolute atomic E-state index is 9.15. The number of nitrogens with zero attached hydrogens (tertiary/aromatic N) is 2. The van der Waals surface area contributed by atoms with Crippen LogP contribution in [0.2, 0.25) is 0 Å². The standard InChI is InChI=1S/C16H24N4O2/c1-3-4-11(7-8-21)10-18-15-13-9-12(22-2)5-6-14(13)19-16(17)20-15/h5-6,9,11,21H,3-4,7-8,10H2,1-2H3,(H3,17,18,19,20). The van der Waals surface area contributed by atoms with Crippen LogP contribution in [-0.4, -0.2) is 35.3 Å². The van der Waals surface area contributed by atoms with E-state index in [1.807, 2.05) is 18.2 Å². The maximum atomic E-state index is 9.15. The van der Waals surface area contributed by atoms with Gasteiger partial charge in [-0.3, -0.25) is 0 Å². The van der Waals surface area contributed by atoms with Crippen LogP contribution < -0.4 is 15.8 Å². The Morgan fingerprint density at radius 1 is 1.32 bits per heavy atom. The third-order valence-corrected chi connectivity index (χ3v) is 3.71. The van der Waals surface area contributed by atoms with Crippen molar-refractivity contribution < 1.29 is 9.84 Å². The summed E-state index contributed by atoms with van der Waals surface area (Å²) in [6, 6.07) is 5.62. The van der Waals surface area contributed by atoms with Gasteiger partial charge in [0.05, 0.1) is 12.6 Å². The third kappa shape index (κ3) is 3.98. The number of hydrogen-bond acceptors (Lipinski definition) is 6. The van der Waals surface area contributed by atoms with Gasteiger partial charge in [-0.25, -0.2) is 4.98 Å². The smallest absolute Gasteiger partial charge is 0.222 e. The van der Waals surface area contributed by atoms with Crippen LogP contribution in [0.3, 0.4) is 0 Å². The molecule has 0 fully saturated rings. The molecule has 0 spiro atoms. The van der Waals surface area contributed by atoms with Crippen LogP contribution >= 0.6 is 0 Å². The van der Waals surface area contributed by atoms with Crippen molar-refractivity contribution in [2.24, 2.45) is 5.92 Å². The van der Waals surface area contributed by atoms with Gasteiger partial charge in [-0.15, -0.1) is 0 Å². The molecule has 4 N–H and O–H groups in total. The average molecular weight is 304 g/mol. The number of fused-ring (bicyclic) bond motifs is 1. The molecule has 0 saturated heterocycles. The molecular weight excluding hydrogens is 280 g/mol. The van der Waals surface area contributed by atoms with E-state index in [9.17, 15) is 0 Å². The largest absolute Gasteiger partial charge is 0.497 e. The number of nitrogens with two attached hydrogens (primary N) is 1. The summed E-state index contributed by atoms with van der Waals surface area (Å²) in [5.41, 5.74) is 6.57. The fraction of sp³-hybridized carbons (Fsp3) is 0.500. The molecule has 22 heavy (non-hydrogen) atoms.